The van der Waals surface area contributed by atoms with Gasteiger partial charge in [0.2, 0.25) is 5.91 Å². The largest absolute Gasteiger partial charge is 0.379 e. The minimum atomic E-state index is -3.84. The molecule has 2 heterocycles. The van der Waals surface area contributed by atoms with Crippen molar-refractivity contribution in [3.8, 4) is 0 Å². The summed E-state index contributed by atoms with van der Waals surface area (Å²) in [6.45, 7) is 3.44. The van der Waals surface area contributed by atoms with Crippen LogP contribution in [-0.2, 0) is 29.2 Å². The van der Waals surface area contributed by atoms with Gasteiger partial charge >= 0.3 is 0 Å². The molecule has 0 aliphatic carbocycles. The zero-order valence-corrected chi connectivity index (χ0v) is 21.0. The number of sulfone groups is 2. The van der Waals surface area contributed by atoms with Crippen molar-refractivity contribution < 1.29 is 26.4 Å². The number of nitrogens with zero attached hydrogens (tertiary/aromatic N) is 3. The molecule has 4 rings (SSSR count). The first-order valence-corrected chi connectivity index (χ1v) is 15.0. The summed E-state index contributed by atoms with van der Waals surface area (Å²) in [5.74, 6) is -1.27. The third kappa shape index (κ3) is 5.81. The Morgan fingerprint density at radius 2 is 1.76 bits per heavy atom. The highest BCUT2D eigenvalue weighted by Gasteiger charge is 2.27. The number of ether oxygens (including phenoxy) is 1. The topological polar surface area (TPSA) is 114 Å². The Labute approximate surface area is 202 Å². The van der Waals surface area contributed by atoms with E-state index < -0.39 is 31.3 Å². The summed E-state index contributed by atoms with van der Waals surface area (Å²) in [6, 6.07) is 12.5. The first-order chi connectivity index (χ1) is 16.1. The number of carbonyl (C=O) groups excluding carboxylic acids is 1. The number of aromatic nitrogens is 1. The van der Waals surface area contributed by atoms with Gasteiger partial charge in [0.25, 0.3) is 0 Å². The van der Waals surface area contributed by atoms with E-state index in [0.717, 1.165) is 30.7 Å². The van der Waals surface area contributed by atoms with Crippen LogP contribution in [0.25, 0.3) is 10.2 Å². The summed E-state index contributed by atoms with van der Waals surface area (Å²) >= 11 is 1.16. The van der Waals surface area contributed by atoms with E-state index in [9.17, 15) is 21.6 Å². The molecule has 0 atom stereocenters. The zero-order valence-electron chi connectivity index (χ0n) is 18.6. The second kappa shape index (κ2) is 10.1. The maximum absolute atomic E-state index is 13.3. The van der Waals surface area contributed by atoms with E-state index in [1.165, 1.54) is 29.2 Å². The van der Waals surface area contributed by atoms with Gasteiger partial charge in [-0.3, -0.25) is 14.6 Å². The molecule has 1 aliphatic heterocycles. The van der Waals surface area contributed by atoms with E-state index in [0.29, 0.717) is 35.1 Å². The fourth-order valence-electron chi connectivity index (χ4n) is 3.58. The highest BCUT2D eigenvalue weighted by Crippen LogP contribution is 2.31. The first-order valence-electron chi connectivity index (χ1n) is 10.6. The molecule has 2 aromatic carbocycles. The molecule has 0 spiro atoms. The van der Waals surface area contributed by atoms with Crippen LogP contribution in [0.5, 0.6) is 0 Å². The van der Waals surface area contributed by atoms with Crippen LogP contribution in [0.15, 0.2) is 58.3 Å². The van der Waals surface area contributed by atoms with E-state index in [4.69, 9.17) is 4.74 Å². The van der Waals surface area contributed by atoms with Crippen molar-refractivity contribution in [2.24, 2.45) is 0 Å². The smallest absolute Gasteiger partial charge is 0.244 e. The molecule has 1 saturated heterocycles. The highest BCUT2D eigenvalue weighted by molar-refractivity contribution is 7.92. The lowest BCUT2D eigenvalue weighted by molar-refractivity contribution is -0.116. The summed E-state index contributed by atoms with van der Waals surface area (Å²) in [5, 5.41) is 0.335. The lowest BCUT2D eigenvalue weighted by Gasteiger charge is -2.29. The number of carbonyl (C=O) groups is 1. The molecule has 3 aromatic rings. The fourth-order valence-corrected chi connectivity index (χ4v) is 6.57. The molecule has 0 unspecified atom stereocenters. The van der Waals surface area contributed by atoms with Gasteiger partial charge in [0.05, 0.1) is 33.2 Å². The maximum Gasteiger partial charge on any atom is 0.244 e. The molecule has 1 fully saturated rings. The number of anilines is 1. The van der Waals surface area contributed by atoms with Gasteiger partial charge in [-0.2, -0.15) is 0 Å². The molecule has 34 heavy (non-hydrogen) atoms. The second-order valence-corrected chi connectivity index (χ2v) is 13.0. The fraction of sp³-hybridized carbons (Fsp3) is 0.364. The number of thiazole rings is 1. The molecule has 182 valence electrons. The average Bonchev–Trinajstić information content (AvgIpc) is 3.22. The molecule has 0 saturated carbocycles. The molecule has 0 bridgehead atoms. The number of benzene rings is 2. The van der Waals surface area contributed by atoms with Crippen molar-refractivity contribution in [1.82, 2.24) is 9.88 Å². The molecule has 1 amide bonds. The van der Waals surface area contributed by atoms with E-state index in [-0.39, 0.29) is 16.3 Å². The van der Waals surface area contributed by atoms with Crippen LogP contribution in [0.4, 0.5) is 5.13 Å². The monoisotopic (exact) mass is 523 g/mol. The van der Waals surface area contributed by atoms with Crippen molar-refractivity contribution in [1.29, 1.82) is 0 Å². The predicted octanol–water partition coefficient (Wildman–Crippen LogP) is 1.84. The van der Waals surface area contributed by atoms with Crippen LogP contribution >= 0.6 is 11.3 Å². The molecule has 9 nitrogen and oxygen atoms in total. The summed E-state index contributed by atoms with van der Waals surface area (Å²) < 4.78 is 55.5. The first kappa shape index (κ1) is 24.7. The Morgan fingerprint density at radius 1 is 1.06 bits per heavy atom. The highest BCUT2D eigenvalue weighted by atomic mass is 32.2. The van der Waals surface area contributed by atoms with Gasteiger partial charge in [-0.05, 0) is 30.3 Å². The molecular formula is C22H25N3O6S3. The summed E-state index contributed by atoms with van der Waals surface area (Å²) in [7, 11) is -7.24. The standard InChI is InChI=1S/C22H25N3O6S3/c1-33(27,28)18-7-8-19-20(15-18)32-22(23-19)25(10-9-24-11-13-31-14-12-24)21(26)16-34(29,30)17-5-3-2-4-6-17/h2-8,15H,9-14,16H2,1H3. The second-order valence-electron chi connectivity index (χ2n) is 7.97. The summed E-state index contributed by atoms with van der Waals surface area (Å²) in [4.78, 5) is 21.6. The molecule has 1 aromatic heterocycles. The van der Waals surface area contributed by atoms with Gasteiger partial charge in [-0.25, -0.2) is 21.8 Å². The zero-order chi connectivity index (χ0) is 24.3. The normalized spacial score (nSPS) is 15.4. The molecular weight excluding hydrogens is 498 g/mol. The van der Waals surface area contributed by atoms with Gasteiger partial charge in [0, 0.05) is 32.4 Å². The van der Waals surface area contributed by atoms with E-state index in [2.05, 4.69) is 9.88 Å². The average molecular weight is 524 g/mol. The third-order valence-electron chi connectivity index (χ3n) is 5.47. The van der Waals surface area contributed by atoms with Crippen molar-refractivity contribution in [2.75, 3.05) is 56.3 Å². The van der Waals surface area contributed by atoms with Crippen molar-refractivity contribution in [3.05, 3.63) is 48.5 Å². The lowest BCUT2D eigenvalue weighted by atomic mass is 10.3. The molecule has 0 N–H and O–H groups in total. The van der Waals surface area contributed by atoms with Crippen LogP contribution in [-0.4, -0.2) is 84.0 Å². The van der Waals surface area contributed by atoms with Crippen molar-refractivity contribution in [3.63, 3.8) is 0 Å². The minimum absolute atomic E-state index is 0.0820. The summed E-state index contributed by atoms with van der Waals surface area (Å²) in [5.41, 5.74) is 0.544. The lowest BCUT2D eigenvalue weighted by Crippen LogP contribution is -2.44. The van der Waals surface area contributed by atoms with Crippen LogP contribution < -0.4 is 4.90 Å². The molecule has 0 radical (unpaired) electrons. The van der Waals surface area contributed by atoms with Crippen LogP contribution in [0.2, 0.25) is 0 Å². The number of hydrogen-bond donors (Lipinski definition) is 0. The van der Waals surface area contributed by atoms with E-state index >= 15 is 0 Å². The number of hydrogen-bond acceptors (Lipinski definition) is 9. The van der Waals surface area contributed by atoms with Gasteiger partial charge in [0.1, 0.15) is 5.75 Å². The quantitative estimate of drug-likeness (QED) is 0.439. The molecule has 1 aliphatic rings. The maximum atomic E-state index is 13.3. The molecule has 12 heteroatoms. The van der Waals surface area contributed by atoms with Gasteiger partial charge < -0.3 is 4.74 Å². The Bertz CT molecular complexity index is 1380. The predicted molar refractivity (Wildman–Crippen MR) is 131 cm³/mol. The number of fused-ring (bicyclic) bond motifs is 1. The van der Waals surface area contributed by atoms with Crippen molar-refractivity contribution in [2.45, 2.75) is 9.79 Å². The Kier molecular flexibility index (Phi) is 7.33. The Hall–Kier alpha value is -2.38. The van der Waals surface area contributed by atoms with Crippen LogP contribution in [0, 0.1) is 0 Å². The third-order valence-corrected chi connectivity index (χ3v) is 9.24. The number of amides is 1. The van der Waals surface area contributed by atoms with Crippen molar-refractivity contribution >= 4 is 52.3 Å². The van der Waals surface area contributed by atoms with E-state index in [1.807, 2.05) is 0 Å². The van der Waals surface area contributed by atoms with Crippen LogP contribution in [0.3, 0.4) is 0 Å². The summed E-state index contributed by atoms with van der Waals surface area (Å²) in [6.07, 6.45) is 1.13. The van der Waals surface area contributed by atoms with Gasteiger partial charge in [-0.1, -0.05) is 29.5 Å². The SMILES string of the molecule is CS(=O)(=O)c1ccc2nc(N(CCN3CCOCC3)C(=O)CS(=O)(=O)c3ccccc3)sc2c1. The van der Waals surface area contributed by atoms with E-state index in [1.54, 1.807) is 24.3 Å². The minimum Gasteiger partial charge on any atom is -0.379 e. The van der Waals surface area contributed by atoms with Crippen LogP contribution in [0.1, 0.15) is 0 Å². The Morgan fingerprint density at radius 3 is 2.44 bits per heavy atom. The Balaban J connectivity index is 1.63. The number of rotatable bonds is 8. The number of morpholine rings is 1. The van der Waals surface area contributed by atoms with Gasteiger partial charge in [-0.15, -0.1) is 0 Å². The van der Waals surface area contributed by atoms with Gasteiger partial charge in [0.15, 0.2) is 24.8 Å².